The van der Waals surface area contributed by atoms with Gasteiger partial charge in [0.05, 0.1) is 25.6 Å². The van der Waals surface area contributed by atoms with Crippen molar-refractivity contribution in [3.05, 3.63) is 54.1 Å². The van der Waals surface area contributed by atoms with Gasteiger partial charge in [0.2, 0.25) is 0 Å². The number of aliphatic imine (C=N–C) groups is 1. The van der Waals surface area contributed by atoms with Crippen LogP contribution in [0, 0.1) is 0 Å². The van der Waals surface area contributed by atoms with Crippen molar-refractivity contribution in [1.29, 1.82) is 0 Å². The van der Waals surface area contributed by atoms with Gasteiger partial charge in [0, 0.05) is 45.2 Å². The summed E-state index contributed by atoms with van der Waals surface area (Å²) >= 11 is 0. The Morgan fingerprint density at radius 1 is 1.33 bits per heavy atom. The van der Waals surface area contributed by atoms with Crippen LogP contribution in [-0.4, -0.2) is 54.5 Å². The van der Waals surface area contributed by atoms with Gasteiger partial charge in [-0.25, -0.2) is 9.98 Å². The Morgan fingerprint density at radius 2 is 2.23 bits per heavy atom. The normalized spacial score (nSPS) is 16.3. The SMILES string of the molecule is CCNC(=NCc1cccc(Cn2ccnc2)c1)NCCCOCC1CCCO1.I. The summed E-state index contributed by atoms with van der Waals surface area (Å²) in [7, 11) is 0. The fourth-order valence-electron chi connectivity index (χ4n) is 3.30. The molecule has 2 N–H and O–H groups in total. The summed E-state index contributed by atoms with van der Waals surface area (Å²) in [4.78, 5) is 8.81. The van der Waals surface area contributed by atoms with E-state index in [4.69, 9.17) is 14.5 Å². The third-order valence-corrected chi connectivity index (χ3v) is 4.77. The van der Waals surface area contributed by atoms with Crippen LogP contribution in [0.4, 0.5) is 0 Å². The van der Waals surface area contributed by atoms with Gasteiger partial charge in [-0.15, -0.1) is 24.0 Å². The lowest BCUT2D eigenvalue weighted by molar-refractivity contribution is 0.0168. The van der Waals surface area contributed by atoms with Crippen LogP contribution in [0.15, 0.2) is 48.0 Å². The predicted octanol–water partition coefficient (Wildman–Crippen LogP) is 3.19. The van der Waals surface area contributed by atoms with Crippen molar-refractivity contribution in [3.63, 3.8) is 0 Å². The minimum Gasteiger partial charge on any atom is -0.379 e. The molecule has 0 saturated carbocycles. The molecule has 1 unspecified atom stereocenters. The second-order valence-electron chi connectivity index (χ2n) is 7.24. The minimum atomic E-state index is 0. The second kappa shape index (κ2) is 14.4. The number of hydrogen-bond acceptors (Lipinski definition) is 4. The number of hydrogen-bond donors (Lipinski definition) is 2. The van der Waals surface area contributed by atoms with Crippen LogP contribution in [0.3, 0.4) is 0 Å². The van der Waals surface area contributed by atoms with E-state index in [0.29, 0.717) is 19.3 Å². The molecule has 0 spiro atoms. The molecule has 0 amide bonds. The average Bonchev–Trinajstić information content (AvgIpc) is 3.43. The summed E-state index contributed by atoms with van der Waals surface area (Å²) in [6, 6.07) is 8.53. The molecule has 2 heterocycles. The number of ether oxygens (including phenoxy) is 2. The molecule has 0 aliphatic carbocycles. The lowest BCUT2D eigenvalue weighted by atomic mass is 10.1. The summed E-state index contributed by atoms with van der Waals surface area (Å²) in [5.74, 6) is 0.839. The molecule has 166 valence electrons. The summed E-state index contributed by atoms with van der Waals surface area (Å²) in [6.07, 6.45) is 9.13. The molecule has 30 heavy (non-hydrogen) atoms. The van der Waals surface area contributed by atoms with Crippen molar-refractivity contribution in [2.45, 2.75) is 45.4 Å². The topological polar surface area (TPSA) is 72.7 Å². The van der Waals surface area contributed by atoms with Crippen LogP contribution < -0.4 is 10.6 Å². The largest absolute Gasteiger partial charge is 0.379 e. The molecule has 2 aromatic rings. The van der Waals surface area contributed by atoms with Crippen molar-refractivity contribution in [2.24, 2.45) is 4.99 Å². The van der Waals surface area contributed by atoms with E-state index in [-0.39, 0.29) is 24.0 Å². The molecule has 1 atom stereocenters. The third kappa shape index (κ3) is 9.01. The van der Waals surface area contributed by atoms with Crippen molar-refractivity contribution >= 4 is 29.9 Å². The van der Waals surface area contributed by atoms with Gasteiger partial charge in [0.25, 0.3) is 0 Å². The highest BCUT2D eigenvalue weighted by Gasteiger charge is 2.14. The highest BCUT2D eigenvalue weighted by atomic mass is 127. The number of aromatic nitrogens is 2. The molecule has 7 nitrogen and oxygen atoms in total. The lowest BCUT2D eigenvalue weighted by Crippen LogP contribution is -2.38. The minimum absolute atomic E-state index is 0. The van der Waals surface area contributed by atoms with Crippen LogP contribution in [-0.2, 0) is 22.6 Å². The van der Waals surface area contributed by atoms with E-state index in [0.717, 1.165) is 58.1 Å². The third-order valence-electron chi connectivity index (χ3n) is 4.77. The first-order chi connectivity index (χ1) is 14.3. The predicted molar refractivity (Wildman–Crippen MR) is 130 cm³/mol. The fourth-order valence-corrected chi connectivity index (χ4v) is 3.30. The molecule has 1 aliphatic heterocycles. The highest BCUT2D eigenvalue weighted by Crippen LogP contribution is 2.12. The van der Waals surface area contributed by atoms with E-state index in [2.05, 4.69) is 51.4 Å². The second-order valence-corrected chi connectivity index (χ2v) is 7.24. The maximum absolute atomic E-state index is 5.71. The van der Waals surface area contributed by atoms with Gasteiger partial charge in [0.15, 0.2) is 5.96 Å². The fraction of sp³-hybridized carbons (Fsp3) is 0.545. The van der Waals surface area contributed by atoms with Crippen LogP contribution in [0.2, 0.25) is 0 Å². The standard InChI is InChI=1S/C22H33N5O2.HI/c1-2-24-22(25-9-5-12-28-17-21-8-4-13-29-21)26-15-19-6-3-7-20(14-19)16-27-11-10-23-18-27;/h3,6-7,10-11,14,18,21H,2,4-5,8-9,12-13,15-17H2,1H3,(H2,24,25,26);1H. The first-order valence-corrected chi connectivity index (χ1v) is 10.6. The number of benzene rings is 1. The number of nitrogens with one attached hydrogen (secondary N) is 2. The van der Waals surface area contributed by atoms with E-state index in [9.17, 15) is 0 Å². The Morgan fingerprint density at radius 3 is 3.00 bits per heavy atom. The lowest BCUT2D eigenvalue weighted by Gasteiger charge is -2.13. The molecular weight excluding hydrogens is 493 g/mol. The van der Waals surface area contributed by atoms with Crippen molar-refractivity contribution < 1.29 is 9.47 Å². The van der Waals surface area contributed by atoms with E-state index < -0.39 is 0 Å². The van der Waals surface area contributed by atoms with Gasteiger partial charge in [-0.2, -0.15) is 0 Å². The van der Waals surface area contributed by atoms with E-state index >= 15 is 0 Å². The van der Waals surface area contributed by atoms with Crippen LogP contribution in [0.25, 0.3) is 0 Å². The molecule has 1 saturated heterocycles. The Bertz CT molecular complexity index is 733. The zero-order chi connectivity index (χ0) is 20.2. The van der Waals surface area contributed by atoms with Gasteiger partial charge in [-0.05, 0) is 37.3 Å². The Labute approximate surface area is 196 Å². The molecule has 3 rings (SSSR count). The first kappa shape index (κ1) is 24.6. The summed E-state index contributed by atoms with van der Waals surface area (Å²) in [5.41, 5.74) is 2.44. The summed E-state index contributed by atoms with van der Waals surface area (Å²) < 4.78 is 13.3. The Balaban J connectivity index is 0.00000320. The van der Waals surface area contributed by atoms with Gasteiger partial charge in [0.1, 0.15) is 0 Å². The van der Waals surface area contributed by atoms with E-state index in [1.807, 2.05) is 12.5 Å². The highest BCUT2D eigenvalue weighted by molar-refractivity contribution is 14.0. The molecule has 1 aliphatic rings. The van der Waals surface area contributed by atoms with E-state index in [1.54, 1.807) is 6.20 Å². The first-order valence-electron chi connectivity index (χ1n) is 10.6. The number of halogens is 1. The molecule has 0 radical (unpaired) electrons. The molecular formula is C22H34IN5O2. The molecule has 0 bridgehead atoms. The molecule has 1 aromatic heterocycles. The van der Waals surface area contributed by atoms with Crippen LogP contribution in [0.1, 0.15) is 37.3 Å². The zero-order valence-corrected chi connectivity index (χ0v) is 20.1. The average molecular weight is 527 g/mol. The summed E-state index contributed by atoms with van der Waals surface area (Å²) in [6.45, 7) is 7.54. The Hall–Kier alpha value is -1.65. The molecule has 1 fully saturated rings. The smallest absolute Gasteiger partial charge is 0.191 e. The van der Waals surface area contributed by atoms with Crippen molar-refractivity contribution in [2.75, 3.05) is 32.9 Å². The van der Waals surface area contributed by atoms with E-state index in [1.165, 1.54) is 11.1 Å². The number of guanidine groups is 1. The quantitative estimate of drug-likeness (QED) is 0.203. The van der Waals surface area contributed by atoms with Crippen LogP contribution in [0.5, 0.6) is 0 Å². The number of imidazole rings is 1. The van der Waals surface area contributed by atoms with Gasteiger partial charge < -0.3 is 24.7 Å². The molecule has 8 heteroatoms. The zero-order valence-electron chi connectivity index (χ0n) is 17.8. The molecule has 1 aromatic carbocycles. The van der Waals surface area contributed by atoms with Crippen molar-refractivity contribution in [3.8, 4) is 0 Å². The maximum Gasteiger partial charge on any atom is 0.191 e. The number of nitrogens with zero attached hydrogens (tertiary/aromatic N) is 3. The van der Waals surface area contributed by atoms with Gasteiger partial charge in [-0.1, -0.05) is 24.3 Å². The number of rotatable bonds is 11. The van der Waals surface area contributed by atoms with Crippen molar-refractivity contribution in [1.82, 2.24) is 20.2 Å². The monoisotopic (exact) mass is 527 g/mol. The van der Waals surface area contributed by atoms with Crippen LogP contribution >= 0.6 is 24.0 Å². The Kier molecular flexibility index (Phi) is 11.8. The van der Waals surface area contributed by atoms with Gasteiger partial charge >= 0.3 is 0 Å². The maximum atomic E-state index is 5.71. The van der Waals surface area contributed by atoms with Gasteiger partial charge in [-0.3, -0.25) is 0 Å². The summed E-state index contributed by atoms with van der Waals surface area (Å²) in [5, 5.41) is 6.69.